The van der Waals surface area contributed by atoms with Gasteiger partial charge in [-0.25, -0.2) is 4.79 Å². The molecule has 1 unspecified atom stereocenters. The SMILES string of the molecule is Nc1cc(N)cc(C(=O)OCC(O)CO)c1. The Morgan fingerprint density at radius 3 is 2.38 bits per heavy atom. The predicted octanol–water partition coefficient (Wildman–Crippen LogP) is -0.639. The van der Waals surface area contributed by atoms with Crippen molar-refractivity contribution in [2.24, 2.45) is 0 Å². The summed E-state index contributed by atoms with van der Waals surface area (Å²) in [7, 11) is 0. The maximum absolute atomic E-state index is 11.4. The molecule has 0 aromatic heterocycles. The minimum absolute atomic E-state index is 0.211. The lowest BCUT2D eigenvalue weighted by molar-refractivity contribution is 0.00934. The molecule has 0 bridgehead atoms. The van der Waals surface area contributed by atoms with Gasteiger partial charge in [-0.1, -0.05) is 0 Å². The van der Waals surface area contributed by atoms with Crippen LogP contribution in [0.25, 0.3) is 0 Å². The molecule has 1 aromatic rings. The van der Waals surface area contributed by atoms with Crippen molar-refractivity contribution in [1.29, 1.82) is 0 Å². The normalized spacial score (nSPS) is 12.1. The van der Waals surface area contributed by atoms with Crippen LogP contribution in [0.1, 0.15) is 10.4 Å². The maximum Gasteiger partial charge on any atom is 0.338 e. The molecule has 0 aliphatic heterocycles. The highest BCUT2D eigenvalue weighted by atomic mass is 16.5. The average molecular weight is 226 g/mol. The van der Waals surface area contributed by atoms with E-state index in [-0.39, 0.29) is 12.2 Å². The smallest absolute Gasteiger partial charge is 0.338 e. The maximum atomic E-state index is 11.4. The van der Waals surface area contributed by atoms with Crippen molar-refractivity contribution in [3.05, 3.63) is 23.8 Å². The highest BCUT2D eigenvalue weighted by molar-refractivity contribution is 5.91. The summed E-state index contributed by atoms with van der Waals surface area (Å²) in [4.78, 5) is 11.4. The van der Waals surface area contributed by atoms with E-state index in [0.29, 0.717) is 11.4 Å². The van der Waals surface area contributed by atoms with Crippen LogP contribution in [0.15, 0.2) is 18.2 Å². The van der Waals surface area contributed by atoms with Gasteiger partial charge in [0.1, 0.15) is 12.7 Å². The molecule has 1 atom stereocenters. The van der Waals surface area contributed by atoms with Crippen LogP contribution < -0.4 is 11.5 Å². The molecule has 0 saturated carbocycles. The van der Waals surface area contributed by atoms with Crippen molar-refractivity contribution in [2.45, 2.75) is 6.10 Å². The molecular formula is C10H14N2O4. The van der Waals surface area contributed by atoms with Crippen LogP contribution in [0.5, 0.6) is 0 Å². The van der Waals surface area contributed by atoms with E-state index in [0.717, 1.165) is 0 Å². The molecule has 6 heteroatoms. The van der Waals surface area contributed by atoms with E-state index in [4.69, 9.17) is 26.4 Å². The Morgan fingerprint density at radius 1 is 1.31 bits per heavy atom. The zero-order chi connectivity index (χ0) is 12.1. The van der Waals surface area contributed by atoms with Crippen LogP contribution in [0.3, 0.4) is 0 Å². The number of rotatable bonds is 4. The molecule has 6 nitrogen and oxygen atoms in total. The number of nitrogens with two attached hydrogens (primary N) is 2. The van der Waals surface area contributed by atoms with E-state index < -0.39 is 18.7 Å². The lowest BCUT2D eigenvalue weighted by Crippen LogP contribution is -2.22. The second-order valence-corrected chi connectivity index (χ2v) is 3.32. The van der Waals surface area contributed by atoms with E-state index in [1.54, 1.807) is 0 Å². The fourth-order valence-corrected chi connectivity index (χ4v) is 1.10. The first-order valence-electron chi connectivity index (χ1n) is 4.65. The predicted molar refractivity (Wildman–Crippen MR) is 58.6 cm³/mol. The Kier molecular flexibility index (Phi) is 4.10. The summed E-state index contributed by atoms with van der Waals surface area (Å²) in [5, 5.41) is 17.5. The van der Waals surface area contributed by atoms with Gasteiger partial charge in [0.15, 0.2) is 0 Å². The van der Waals surface area contributed by atoms with Crippen molar-refractivity contribution < 1.29 is 19.7 Å². The summed E-state index contributed by atoms with van der Waals surface area (Å²) in [6.45, 7) is -0.740. The molecule has 0 saturated heterocycles. The molecule has 6 N–H and O–H groups in total. The number of ether oxygens (including phenoxy) is 1. The minimum atomic E-state index is -1.08. The first-order chi connectivity index (χ1) is 7.52. The first-order valence-corrected chi connectivity index (χ1v) is 4.65. The molecule has 0 aliphatic carbocycles. The number of hydrogen-bond donors (Lipinski definition) is 4. The lowest BCUT2D eigenvalue weighted by atomic mass is 10.2. The third-order valence-corrected chi connectivity index (χ3v) is 1.83. The molecule has 1 rings (SSSR count). The summed E-state index contributed by atoms with van der Waals surface area (Å²) in [5.41, 5.74) is 11.9. The third-order valence-electron chi connectivity index (χ3n) is 1.83. The van der Waals surface area contributed by atoms with E-state index in [1.807, 2.05) is 0 Å². The van der Waals surface area contributed by atoms with Gasteiger partial charge >= 0.3 is 5.97 Å². The number of carbonyl (C=O) groups is 1. The number of benzene rings is 1. The van der Waals surface area contributed by atoms with Crippen molar-refractivity contribution >= 4 is 17.3 Å². The van der Waals surface area contributed by atoms with Crippen molar-refractivity contribution in [1.82, 2.24) is 0 Å². The average Bonchev–Trinajstić information content (AvgIpc) is 2.23. The van der Waals surface area contributed by atoms with Gasteiger partial charge in [-0.05, 0) is 18.2 Å². The van der Waals surface area contributed by atoms with E-state index in [1.165, 1.54) is 18.2 Å². The molecule has 0 heterocycles. The standard InChI is InChI=1S/C10H14N2O4/c11-7-1-6(2-8(12)3-7)10(15)16-5-9(14)4-13/h1-3,9,13-14H,4-5,11-12H2. The second-order valence-electron chi connectivity index (χ2n) is 3.32. The number of esters is 1. The van der Waals surface area contributed by atoms with Crippen molar-refractivity contribution in [3.63, 3.8) is 0 Å². The third kappa shape index (κ3) is 3.41. The van der Waals surface area contributed by atoms with Crippen LogP contribution in [-0.4, -0.2) is 35.5 Å². The van der Waals surface area contributed by atoms with Gasteiger partial charge in [-0.15, -0.1) is 0 Å². The van der Waals surface area contributed by atoms with Gasteiger partial charge in [-0.2, -0.15) is 0 Å². The number of carbonyl (C=O) groups excluding carboxylic acids is 1. The first kappa shape index (κ1) is 12.3. The molecule has 0 spiro atoms. The van der Waals surface area contributed by atoms with Crippen molar-refractivity contribution in [3.8, 4) is 0 Å². The van der Waals surface area contributed by atoms with Gasteiger partial charge in [0.25, 0.3) is 0 Å². The topological polar surface area (TPSA) is 119 Å². The molecule has 0 radical (unpaired) electrons. The molecule has 16 heavy (non-hydrogen) atoms. The van der Waals surface area contributed by atoms with Gasteiger partial charge in [0.2, 0.25) is 0 Å². The zero-order valence-electron chi connectivity index (χ0n) is 8.59. The monoisotopic (exact) mass is 226 g/mol. The number of nitrogen functional groups attached to an aromatic ring is 2. The summed E-state index contributed by atoms with van der Waals surface area (Å²) >= 11 is 0. The van der Waals surface area contributed by atoms with E-state index in [9.17, 15) is 4.79 Å². The Balaban J connectivity index is 2.66. The Hall–Kier alpha value is -1.79. The van der Waals surface area contributed by atoms with Crippen LogP contribution in [0, 0.1) is 0 Å². The van der Waals surface area contributed by atoms with Crippen molar-refractivity contribution in [2.75, 3.05) is 24.7 Å². The molecule has 88 valence electrons. The molecule has 0 fully saturated rings. The highest BCUT2D eigenvalue weighted by Gasteiger charge is 2.11. The van der Waals surface area contributed by atoms with Crippen LogP contribution >= 0.6 is 0 Å². The molecule has 1 aromatic carbocycles. The highest BCUT2D eigenvalue weighted by Crippen LogP contribution is 2.14. The quantitative estimate of drug-likeness (QED) is 0.400. The largest absolute Gasteiger partial charge is 0.459 e. The summed E-state index contributed by atoms with van der Waals surface area (Å²) in [5.74, 6) is -0.647. The zero-order valence-corrected chi connectivity index (χ0v) is 8.59. The van der Waals surface area contributed by atoms with Gasteiger partial charge in [0.05, 0.1) is 12.2 Å². The van der Waals surface area contributed by atoms with Crippen LogP contribution in [-0.2, 0) is 4.74 Å². The van der Waals surface area contributed by atoms with Gasteiger partial charge in [-0.3, -0.25) is 0 Å². The fraction of sp³-hybridized carbons (Fsp3) is 0.300. The molecule has 0 aliphatic rings. The van der Waals surface area contributed by atoms with Gasteiger partial charge in [0, 0.05) is 11.4 Å². The number of hydrogen-bond acceptors (Lipinski definition) is 6. The van der Waals surface area contributed by atoms with E-state index >= 15 is 0 Å². The van der Waals surface area contributed by atoms with Gasteiger partial charge < -0.3 is 26.4 Å². The number of anilines is 2. The summed E-state index contributed by atoms with van der Waals surface area (Å²) in [6, 6.07) is 4.35. The van der Waals surface area contributed by atoms with Crippen LogP contribution in [0.2, 0.25) is 0 Å². The second kappa shape index (κ2) is 5.34. The number of aliphatic hydroxyl groups excluding tert-OH is 2. The summed E-state index contributed by atoms with van der Waals surface area (Å²) in [6.07, 6.45) is -1.08. The van der Waals surface area contributed by atoms with Crippen LogP contribution in [0.4, 0.5) is 11.4 Å². The fourth-order valence-electron chi connectivity index (χ4n) is 1.10. The Labute approximate surface area is 92.4 Å². The Morgan fingerprint density at radius 2 is 1.88 bits per heavy atom. The number of aliphatic hydroxyl groups is 2. The van der Waals surface area contributed by atoms with E-state index in [2.05, 4.69) is 0 Å². The lowest BCUT2D eigenvalue weighted by Gasteiger charge is -2.09. The molecule has 0 amide bonds. The Bertz CT molecular complexity index is 361. The molecular weight excluding hydrogens is 212 g/mol. The summed E-state index contributed by atoms with van der Waals surface area (Å²) < 4.78 is 4.73. The minimum Gasteiger partial charge on any atom is -0.459 e.